The predicted molar refractivity (Wildman–Crippen MR) is 128 cm³/mol. The molecule has 1 aromatic heterocycles. The van der Waals surface area contributed by atoms with Gasteiger partial charge in [0.1, 0.15) is 17.0 Å². The van der Waals surface area contributed by atoms with Crippen molar-refractivity contribution in [2.45, 2.75) is 13.0 Å². The number of aromatic nitrogens is 1. The second-order valence-corrected chi connectivity index (χ2v) is 8.73. The third kappa shape index (κ3) is 3.28. The van der Waals surface area contributed by atoms with Crippen molar-refractivity contribution in [3.63, 3.8) is 0 Å². The number of fused-ring (bicyclic) bond motifs is 3. The van der Waals surface area contributed by atoms with Crippen LogP contribution < -0.4 is 0 Å². The number of carbonyl (C=O) groups excluding carboxylic acids is 1. The summed E-state index contributed by atoms with van der Waals surface area (Å²) in [7, 11) is 0. The second kappa shape index (κ2) is 8.01. The van der Waals surface area contributed by atoms with Gasteiger partial charge < -0.3 is 9.42 Å². The summed E-state index contributed by atoms with van der Waals surface area (Å²) in [4.78, 5) is 18.0. The van der Waals surface area contributed by atoms with Gasteiger partial charge in [-0.2, -0.15) is 0 Å². The number of aryl methyl sites for hydroxylation is 1. The Morgan fingerprint density at radius 2 is 1.39 bits per heavy atom. The van der Waals surface area contributed by atoms with Crippen molar-refractivity contribution >= 4 is 5.91 Å². The van der Waals surface area contributed by atoms with Crippen molar-refractivity contribution in [3.8, 4) is 22.4 Å². The van der Waals surface area contributed by atoms with Gasteiger partial charge in [-0.3, -0.25) is 9.69 Å². The van der Waals surface area contributed by atoms with Crippen molar-refractivity contribution in [2.24, 2.45) is 0 Å². The molecule has 0 unspecified atom stereocenters. The number of hydrogen-bond donors (Lipinski definition) is 0. The normalized spacial score (nSPS) is 16.0. The van der Waals surface area contributed by atoms with Crippen molar-refractivity contribution in [1.82, 2.24) is 15.0 Å². The summed E-state index contributed by atoms with van der Waals surface area (Å²) in [6.07, 6.45) is 0. The molecule has 2 aliphatic rings. The minimum absolute atomic E-state index is 0.000486. The molecule has 1 aliphatic heterocycles. The molecule has 0 atom stereocenters. The van der Waals surface area contributed by atoms with Crippen LogP contribution in [0, 0.1) is 6.92 Å². The second-order valence-electron chi connectivity index (χ2n) is 8.73. The van der Waals surface area contributed by atoms with Gasteiger partial charge in [0.25, 0.3) is 5.91 Å². The van der Waals surface area contributed by atoms with Crippen LogP contribution in [0.15, 0.2) is 83.4 Å². The summed E-state index contributed by atoms with van der Waals surface area (Å²) in [5, 5.41) is 4.20. The van der Waals surface area contributed by atoms with Crippen LogP contribution >= 0.6 is 0 Å². The SMILES string of the molecule is Cc1onc(-c2ccccc2)c1C(=O)N1CCN(C2c3ccccc3-c3ccccc32)CC1. The Hall–Kier alpha value is -3.70. The molecule has 0 spiro atoms. The van der Waals surface area contributed by atoms with E-state index in [1.54, 1.807) is 0 Å². The first-order valence-corrected chi connectivity index (χ1v) is 11.5. The summed E-state index contributed by atoms with van der Waals surface area (Å²) in [5.74, 6) is 0.569. The molecule has 0 N–H and O–H groups in total. The van der Waals surface area contributed by atoms with E-state index in [-0.39, 0.29) is 11.9 Å². The van der Waals surface area contributed by atoms with Crippen LogP contribution in [0.2, 0.25) is 0 Å². The molecule has 6 rings (SSSR count). The van der Waals surface area contributed by atoms with Crippen LogP contribution in [0.5, 0.6) is 0 Å². The van der Waals surface area contributed by atoms with E-state index in [1.165, 1.54) is 22.3 Å². The first-order chi connectivity index (χ1) is 16.2. The third-order valence-electron chi connectivity index (χ3n) is 6.89. The molecule has 164 valence electrons. The van der Waals surface area contributed by atoms with Crippen LogP contribution in [-0.4, -0.2) is 47.0 Å². The van der Waals surface area contributed by atoms with Crippen LogP contribution in [0.3, 0.4) is 0 Å². The molecule has 1 amide bonds. The molecule has 0 radical (unpaired) electrons. The lowest BCUT2D eigenvalue weighted by atomic mass is 10.0. The summed E-state index contributed by atoms with van der Waals surface area (Å²) >= 11 is 0. The summed E-state index contributed by atoms with van der Waals surface area (Å²) in [5.41, 5.74) is 7.47. The van der Waals surface area contributed by atoms with E-state index in [2.05, 4.69) is 58.6 Å². The number of hydrogen-bond acceptors (Lipinski definition) is 4. The van der Waals surface area contributed by atoms with Gasteiger partial charge in [0.05, 0.1) is 6.04 Å². The molecule has 33 heavy (non-hydrogen) atoms. The van der Waals surface area contributed by atoms with E-state index in [0.717, 1.165) is 18.7 Å². The van der Waals surface area contributed by atoms with Gasteiger partial charge in [0.15, 0.2) is 0 Å². The molecule has 1 fully saturated rings. The van der Waals surface area contributed by atoms with E-state index < -0.39 is 0 Å². The van der Waals surface area contributed by atoms with Crippen LogP contribution in [-0.2, 0) is 0 Å². The highest BCUT2D eigenvalue weighted by Crippen LogP contribution is 2.46. The Morgan fingerprint density at radius 3 is 2.03 bits per heavy atom. The minimum atomic E-state index is -0.000486. The molecule has 5 nitrogen and oxygen atoms in total. The zero-order chi connectivity index (χ0) is 22.4. The van der Waals surface area contributed by atoms with E-state index >= 15 is 0 Å². The van der Waals surface area contributed by atoms with Crippen LogP contribution in [0.25, 0.3) is 22.4 Å². The molecule has 5 heteroatoms. The average Bonchev–Trinajstić information content (AvgIpc) is 3.42. The van der Waals surface area contributed by atoms with Crippen LogP contribution in [0.1, 0.15) is 33.3 Å². The van der Waals surface area contributed by atoms with Gasteiger partial charge in [0, 0.05) is 31.7 Å². The lowest BCUT2D eigenvalue weighted by molar-refractivity contribution is 0.0599. The number of amides is 1. The maximum atomic E-state index is 13.5. The van der Waals surface area contributed by atoms with Crippen molar-refractivity contribution in [2.75, 3.05) is 26.2 Å². The number of benzene rings is 3. The fourth-order valence-electron chi connectivity index (χ4n) is 5.28. The van der Waals surface area contributed by atoms with Crippen molar-refractivity contribution in [1.29, 1.82) is 0 Å². The number of carbonyl (C=O) groups is 1. The Labute approximate surface area is 193 Å². The molecule has 0 saturated carbocycles. The van der Waals surface area contributed by atoms with Gasteiger partial charge in [0.2, 0.25) is 0 Å². The molecule has 1 saturated heterocycles. The zero-order valence-electron chi connectivity index (χ0n) is 18.6. The first-order valence-electron chi connectivity index (χ1n) is 11.5. The Kier molecular flexibility index (Phi) is 4.84. The maximum Gasteiger partial charge on any atom is 0.259 e. The third-order valence-corrected chi connectivity index (χ3v) is 6.89. The average molecular weight is 436 g/mol. The predicted octanol–water partition coefficient (Wildman–Crippen LogP) is 5.18. The standard InChI is InChI=1S/C28H25N3O2/c1-19-25(26(29-33-19)20-9-3-2-4-10-20)28(32)31-17-15-30(16-18-31)27-23-13-7-5-11-21(23)22-12-6-8-14-24(22)27/h2-14,27H,15-18H2,1H3. The molecule has 1 aliphatic carbocycles. The van der Waals surface area contributed by atoms with Crippen LogP contribution in [0.4, 0.5) is 0 Å². The first kappa shape index (κ1) is 19.9. The Morgan fingerprint density at radius 1 is 0.818 bits per heavy atom. The monoisotopic (exact) mass is 435 g/mol. The maximum absolute atomic E-state index is 13.5. The Bertz CT molecular complexity index is 1270. The minimum Gasteiger partial charge on any atom is -0.360 e. The van der Waals surface area contributed by atoms with E-state index in [0.29, 0.717) is 30.1 Å². The van der Waals surface area contributed by atoms with Crippen molar-refractivity contribution < 1.29 is 9.32 Å². The smallest absolute Gasteiger partial charge is 0.259 e. The van der Waals surface area contributed by atoms with E-state index in [9.17, 15) is 4.79 Å². The highest BCUT2D eigenvalue weighted by molar-refractivity contribution is 6.00. The lowest BCUT2D eigenvalue weighted by Crippen LogP contribution is -2.49. The summed E-state index contributed by atoms with van der Waals surface area (Å²) < 4.78 is 5.43. The molecule has 3 aromatic carbocycles. The topological polar surface area (TPSA) is 49.6 Å². The largest absolute Gasteiger partial charge is 0.360 e. The highest BCUT2D eigenvalue weighted by atomic mass is 16.5. The molecule has 4 aromatic rings. The van der Waals surface area contributed by atoms with Gasteiger partial charge in [-0.05, 0) is 29.2 Å². The quantitative estimate of drug-likeness (QED) is 0.445. The molecular weight excluding hydrogens is 410 g/mol. The number of nitrogens with zero attached hydrogens (tertiary/aromatic N) is 3. The molecule has 2 heterocycles. The molecular formula is C28H25N3O2. The zero-order valence-corrected chi connectivity index (χ0v) is 18.6. The number of rotatable bonds is 3. The Balaban J connectivity index is 1.24. The molecule has 0 bridgehead atoms. The lowest BCUT2D eigenvalue weighted by Gasteiger charge is -2.38. The van der Waals surface area contributed by atoms with Gasteiger partial charge >= 0.3 is 0 Å². The van der Waals surface area contributed by atoms with E-state index in [4.69, 9.17) is 4.52 Å². The van der Waals surface area contributed by atoms with E-state index in [1.807, 2.05) is 42.2 Å². The highest BCUT2D eigenvalue weighted by Gasteiger charge is 2.36. The van der Waals surface area contributed by atoms with Crippen molar-refractivity contribution in [3.05, 3.63) is 101 Å². The van der Waals surface area contributed by atoms with Gasteiger partial charge in [-0.1, -0.05) is 84.0 Å². The number of piperazine rings is 1. The van der Waals surface area contributed by atoms with Gasteiger partial charge in [-0.25, -0.2) is 0 Å². The summed E-state index contributed by atoms with van der Waals surface area (Å²) in [6, 6.07) is 27.4. The fraction of sp³-hybridized carbons (Fsp3) is 0.214. The summed E-state index contributed by atoms with van der Waals surface area (Å²) in [6.45, 7) is 4.82. The van der Waals surface area contributed by atoms with Gasteiger partial charge in [-0.15, -0.1) is 0 Å². The fourth-order valence-corrected chi connectivity index (χ4v) is 5.28.